The fraction of sp³-hybridized carbons (Fsp3) is 0.412. The highest BCUT2D eigenvalue weighted by Gasteiger charge is 2.36. The molecule has 0 aliphatic heterocycles. The lowest BCUT2D eigenvalue weighted by molar-refractivity contribution is -0.135. The summed E-state index contributed by atoms with van der Waals surface area (Å²) < 4.78 is 6.72. The van der Waals surface area contributed by atoms with Crippen LogP contribution in [0.4, 0.5) is 5.82 Å². The van der Waals surface area contributed by atoms with Gasteiger partial charge in [0.25, 0.3) is 5.91 Å². The third-order valence-corrected chi connectivity index (χ3v) is 4.04. The van der Waals surface area contributed by atoms with E-state index in [-0.39, 0.29) is 6.42 Å². The molecule has 7 heteroatoms. The number of carbonyl (C=O) groups is 1. The molecule has 24 heavy (non-hydrogen) atoms. The Kier molecular flexibility index (Phi) is 6.36. The summed E-state index contributed by atoms with van der Waals surface area (Å²) in [7, 11) is 1.65. The van der Waals surface area contributed by atoms with Crippen LogP contribution >= 0.6 is 11.6 Å². The largest absolute Gasteiger partial charge is 0.385 e. The number of anilines is 1. The number of carbonyl (C=O) groups excluding carboxylic acids is 1. The second-order valence-corrected chi connectivity index (χ2v) is 5.93. The zero-order chi connectivity index (χ0) is 17.6. The van der Waals surface area contributed by atoms with Gasteiger partial charge in [0.05, 0.1) is 0 Å². The number of nitrogens with zero attached hydrogens (tertiary/aromatic N) is 2. The minimum Gasteiger partial charge on any atom is -0.385 e. The third-order valence-electron chi connectivity index (χ3n) is 3.81. The number of nitrogens with one attached hydrogen (secondary N) is 1. The van der Waals surface area contributed by atoms with Gasteiger partial charge in [-0.15, -0.1) is 0 Å². The molecular formula is C17H22ClN3O3. The Labute approximate surface area is 146 Å². The predicted molar refractivity (Wildman–Crippen MR) is 93.0 cm³/mol. The van der Waals surface area contributed by atoms with Crippen molar-refractivity contribution in [3.8, 4) is 0 Å². The van der Waals surface area contributed by atoms with Gasteiger partial charge in [-0.1, -0.05) is 30.7 Å². The molecule has 0 saturated heterocycles. The molecule has 1 heterocycles. The van der Waals surface area contributed by atoms with Crippen molar-refractivity contribution < 1.29 is 14.6 Å². The molecule has 1 atom stereocenters. The average Bonchev–Trinajstić information content (AvgIpc) is 3.01. The van der Waals surface area contributed by atoms with Crippen LogP contribution < -0.4 is 5.32 Å². The fourth-order valence-electron chi connectivity index (χ4n) is 2.38. The van der Waals surface area contributed by atoms with E-state index in [9.17, 15) is 9.90 Å². The van der Waals surface area contributed by atoms with Gasteiger partial charge in [0.2, 0.25) is 0 Å². The minimum atomic E-state index is -1.66. The Morgan fingerprint density at radius 3 is 2.92 bits per heavy atom. The van der Waals surface area contributed by atoms with E-state index in [1.165, 1.54) is 0 Å². The molecule has 0 radical (unpaired) electrons. The van der Waals surface area contributed by atoms with E-state index in [2.05, 4.69) is 10.4 Å². The first-order chi connectivity index (χ1) is 11.5. The number of hydrogen-bond donors (Lipinski definition) is 2. The van der Waals surface area contributed by atoms with Crippen LogP contribution in [0.25, 0.3) is 0 Å². The molecule has 0 aliphatic rings. The summed E-state index contributed by atoms with van der Waals surface area (Å²) in [5.41, 5.74) is -1.21. The predicted octanol–water partition coefficient (Wildman–Crippen LogP) is 2.81. The Balaban J connectivity index is 2.09. The van der Waals surface area contributed by atoms with E-state index < -0.39 is 11.5 Å². The second-order valence-electron chi connectivity index (χ2n) is 5.49. The molecule has 0 fully saturated rings. The van der Waals surface area contributed by atoms with E-state index in [1.807, 2.05) is 0 Å². The van der Waals surface area contributed by atoms with Crippen LogP contribution in [0.1, 0.15) is 25.3 Å². The van der Waals surface area contributed by atoms with Crippen molar-refractivity contribution in [2.75, 3.05) is 19.0 Å². The monoisotopic (exact) mass is 351 g/mol. The normalized spacial score (nSPS) is 13.5. The number of methoxy groups -OCH3 is 1. The van der Waals surface area contributed by atoms with Gasteiger partial charge < -0.3 is 15.2 Å². The van der Waals surface area contributed by atoms with Gasteiger partial charge >= 0.3 is 0 Å². The molecular weight excluding hydrogens is 330 g/mol. The molecule has 0 aliphatic carbocycles. The highest BCUT2D eigenvalue weighted by atomic mass is 35.5. The van der Waals surface area contributed by atoms with Gasteiger partial charge in [0, 0.05) is 37.5 Å². The van der Waals surface area contributed by atoms with Crippen molar-refractivity contribution in [3.63, 3.8) is 0 Å². The van der Waals surface area contributed by atoms with Crippen molar-refractivity contribution in [2.45, 2.75) is 31.9 Å². The number of ether oxygens (including phenoxy) is 1. The summed E-state index contributed by atoms with van der Waals surface area (Å²) in [4.78, 5) is 12.6. The molecule has 1 aromatic heterocycles. The van der Waals surface area contributed by atoms with E-state index in [0.717, 1.165) is 6.42 Å². The molecule has 2 N–H and O–H groups in total. The standard InChI is InChI=1S/C17H22ClN3O3/c1-3-17(23,13-6-4-7-14(18)12-13)16(22)19-15-8-10-21(20-15)9-5-11-24-2/h4,6-8,10,12,23H,3,5,9,11H2,1-2H3,(H,19,20,22). The Bertz CT molecular complexity index is 689. The molecule has 0 saturated carbocycles. The molecule has 2 aromatic rings. The molecule has 1 aromatic carbocycles. The van der Waals surface area contributed by atoms with E-state index >= 15 is 0 Å². The van der Waals surface area contributed by atoms with E-state index in [4.69, 9.17) is 16.3 Å². The van der Waals surface area contributed by atoms with Gasteiger partial charge in [-0.25, -0.2) is 0 Å². The number of hydrogen-bond acceptors (Lipinski definition) is 4. The summed E-state index contributed by atoms with van der Waals surface area (Å²) in [6, 6.07) is 8.36. The zero-order valence-electron chi connectivity index (χ0n) is 13.8. The lowest BCUT2D eigenvalue weighted by atomic mass is 9.90. The maximum absolute atomic E-state index is 12.6. The van der Waals surface area contributed by atoms with Crippen LogP contribution in [0.5, 0.6) is 0 Å². The van der Waals surface area contributed by atoms with Gasteiger partial charge in [0.15, 0.2) is 11.4 Å². The van der Waals surface area contributed by atoms with Crippen molar-refractivity contribution in [1.82, 2.24) is 9.78 Å². The number of aryl methyl sites for hydroxylation is 1. The molecule has 6 nitrogen and oxygen atoms in total. The van der Waals surface area contributed by atoms with Crippen molar-refractivity contribution >= 4 is 23.3 Å². The molecule has 0 bridgehead atoms. The molecule has 130 valence electrons. The maximum Gasteiger partial charge on any atom is 0.262 e. The molecule has 2 rings (SSSR count). The SMILES string of the molecule is CCC(O)(C(=O)Nc1ccn(CCCOC)n1)c1cccc(Cl)c1. The summed E-state index contributed by atoms with van der Waals surface area (Å²) in [5.74, 6) is -0.138. The molecule has 1 amide bonds. The number of amides is 1. The fourth-order valence-corrected chi connectivity index (χ4v) is 2.58. The van der Waals surface area contributed by atoms with Gasteiger partial charge in [-0.3, -0.25) is 9.48 Å². The van der Waals surface area contributed by atoms with Crippen LogP contribution in [0.15, 0.2) is 36.5 Å². The lowest BCUT2D eigenvalue weighted by Gasteiger charge is -2.25. The Hall–Kier alpha value is -1.89. The van der Waals surface area contributed by atoms with Crippen molar-refractivity contribution in [1.29, 1.82) is 0 Å². The lowest BCUT2D eigenvalue weighted by Crippen LogP contribution is -2.39. The van der Waals surface area contributed by atoms with Crippen molar-refractivity contribution in [2.24, 2.45) is 0 Å². The van der Waals surface area contributed by atoms with Crippen LogP contribution in [0.3, 0.4) is 0 Å². The van der Waals surface area contributed by atoms with Crippen LogP contribution in [0.2, 0.25) is 5.02 Å². The Morgan fingerprint density at radius 1 is 1.46 bits per heavy atom. The summed E-state index contributed by atoms with van der Waals surface area (Å²) in [6.07, 6.45) is 2.82. The average molecular weight is 352 g/mol. The highest BCUT2D eigenvalue weighted by Crippen LogP contribution is 2.28. The Morgan fingerprint density at radius 2 is 2.25 bits per heavy atom. The zero-order valence-corrected chi connectivity index (χ0v) is 14.6. The van der Waals surface area contributed by atoms with Crippen molar-refractivity contribution in [3.05, 3.63) is 47.1 Å². The first-order valence-corrected chi connectivity index (χ1v) is 8.19. The first kappa shape index (κ1) is 18.4. The highest BCUT2D eigenvalue weighted by molar-refractivity contribution is 6.30. The molecule has 1 unspecified atom stereocenters. The van der Waals surface area contributed by atoms with E-state index in [0.29, 0.717) is 29.6 Å². The topological polar surface area (TPSA) is 76.4 Å². The summed E-state index contributed by atoms with van der Waals surface area (Å²) in [5, 5.41) is 18.2. The first-order valence-electron chi connectivity index (χ1n) is 7.82. The number of aliphatic hydroxyl groups is 1. The number of halogens is 1. The third kappa shape index (κ3) is 4.35. The summed E-state index contributed by atoms with van der Waals surface area (Å²) in [6.45, 7) is 3.08. The maximum atomic E-state index is 12.6. The van der Waals surface area contributed by atoms with Gasteiger partial charge in [-0.2, -0.15) is 5.10 Å². The number of aromatic nitrogens is 2. The smallest absolute Gasteiger partial charge is 0.262 e. The summed E-state index contributed by atoms with van der Waals surface area (Å²) >= 11 is 5.97. The molecule has 0 spiro atoms. The van der Waals surface area contributed by atoms with Crippen LogP contribution in [-0.4, -0.2) is 34.5 Å². The van der Waals surface area contributed by atoms with Crippen LogP contribution in [-0.2, 0) is 21.7 Å². The van der Waals surface area contributed by atoms with Crippen LogP contribution in [0, 0.1) is 0 Å². The second kappa shape index (κ2) is 8.28. The minimum absolute atomic E-state index is 0.216. The number of benzene rings is 1. The van der Waals surface area contributed by atoms with Gasteiger partial charge in [-0.05, 0) is 30.5 Å². The van der Waals surface area contributed by atoms with Gasteiger partial charge in [0.1, 0.15) is 0 Å². The van der Waals surface area contributed by atoms with E-state index in [1.54, 1.807) is 55.2 Å². The quantitative estimate of drug-likeness (QED) is 0.717. The number of rotatable bonds is 8.